The molecular formula is C7H8N+. The molecule has 0 amide bonds. The highest BCUT2D eigenvalue weighted by Gasteiger charge is 2.06. The van der Waals surface area contributed by atoms with E-state index in [0.29, 0.717) is 5.71 Å². The summed E-state index contributed by atoms with van der Waals surface area (Å²) in [7, 11) is 0. The van der Waals surface area contributed by atoms with Gasteiger partial charge in [-0.25, -0.2) is 0 Å². The van der Waals surface area contributed by atoms with Gasteiger partial charge in [0.15, 0.2) is 5.71 Å². The molecule has 0 unspecified atom stereocenters. The predicted octanol–water partition coefficient (Wildman–Crippen LogP) is 1.73. The van der Waals surface area contributed by atoms with E-state index in [2.05, 4.69) is 0 Å². The van der Waals surface area contributed by atoms with Crippen LogP contribution in [-0.2, 0) is 0 Å². The van der Waals surface area contributed by atoms with E-state index in [9.17, 15) is 0 Å². The van der Waals surface area contributed by atoms with Gasteiger partial charge in [-0.05, 0) is 0 Å². The fourth-order valence-corrected chi connectivity index (χ4v) is 0.573. The molecule has 8 heavy (non-hydrogen) atoms. The van der Waals surface area contributed by atoms with Crippen LogP contribution in [0.25, 0.3) is 0 Å². The van der Waals surface area contributed by atoms with Crippen molar-refractivity contribution >= 4 is 5.71 Å². The molecule has 0 fully saturated rings. The minimum Gasteiger partial charge on any atom is -0.275 e. The van der Waals surface area contributed by atoms with Gasteiger partial charge in [-0.1, -0.05) is 0 Å². The normalized spacial score (nSPS) is 17.6. The second kappa shape index (κ2) is 1.86. The van der Waals surface area contributed by atoms with Crippen LogP contribution in [0, 0.1) is 11.8 Å². The van der Waals surface area contributed by atoms with Gasteiger partial charge in [0.1, 0.15) is 0 Å². The van der Waals surface area contributed by atoms with Gasteiger partial charge in [0.2, 0.25) is 0 Å². The van der Waals surface area contributed by atoms with E-state index in [4.69, 9.17) is 5.41 Å². The second-order valence-corrected chi connectivity index (χ2v) is 1.81. The third-order valence-electron chi connectivity index (χ3n) is 1.15. The third-order valence-corrected chi connectivity index (χ3v) is 1.15. The van der Waals surface area contributed by atoms with Gasteiger partial charge in [0, 0.05) is 13.3 Å². The number of hydrogen-bond donors (Lipinski definition) is 1. The van der Waals surface area contributed by atoms with E-state index in [1.807, 2.05) is 25.5 Å². The Morgan fingerprint density at radius 3 is 2.75 bits per heavy atom. The largest absolute Gasteiger partial charge is 0.275 e. The van der Waals surface area contributed by atoms with Gasteiger partial charge in [-0.15, -0.1) is 0 Å². The summed E-state index contributed by atoms with van der Waals surface area (Å²) >= 11 is 0. The van der Waals surface area contributed by atoms with Crippen LogP contribution in [0.4, 0.5) is 0 Å². The molecule has 0 atom stereocenters. The molecular weight excluding hydrogens is 98.1 g/mol. The Morgan fingerprint density at radius 1 is 1.62 bits per heavy atom. The van der Waals surface area contributed by atoms with Gasteiger partial charge in [-0.2, -0.15) is 0 Å². The molecule has 0 saturated heterocycles. The molecule has 0 aromatic rings. The molecule has 0 radical (unpaired) electrons. The number of hydrogen-bond acceptors (Lipinski definition) is 1. The lowest BCUT2D eigenvalue weighted by Crippen LogP contribution is -1.95. The van der Waals surface area contributed by atoms with E-state index in [1.165, 1.54) is 0 Å². The van der Waals surface area contributed by atoms with Gasteiger partial charge < -0.3 is 0 Å². The highest BCUT2D eigenvalue weighted by molar-refractivity contribution is 6.06. The molecule has 0 bridgehead atoms. The van der Waals surface area contributed by atoms with Crippen LogP contribution in [-0.4, -0.2) is 5.71 Å². The summed E-state index contributed by atoms with van der Waals surface area (Å²) in [6.45, 7) is 1.93. The first-order chi connectivity index (χ1) is 3.80. The topological polar surface area (TPSA) is 23.9 Å². The predicted molar refractivity (Wildman–Crippen MR) is 34.9 cm³/mol. The van der Waals surface area contributed by atoms with Crippen LogP contribution in [0.2, 0.25) is 0 Å². The molecule has 0 spiro atoms. The van der Waals surface area contributed by atoms with Gasteiger partial charge in [-0.3, -0.25) is 5.41 Å². The Labute approximate surface area is 49.2 Å². The third kappa shape index (κ3) is 0.808. The first-order valence-corrected chi connectivity index (χ1v) is 2.58. The quantitative estimate of drug-likeness (QED) is 0.455. The summed E-state index contributed by atoms with van der Waals surface area (Å²) in [5, 5.41) is 7.22. The summed E-state index contributed by atoms with van der Waals surface area (Å²) < 4.78 is 0. The van der Waals surface area contributed by atoms with Gasteiger partial charge in [0.25, 0.3) is 0 Å². The molecule has 0 aliphatic heterocycles. The van der Waals surface area contributed by atoms with Crippen molar-refractivity contribution in [2.24, 2.45) is 0 Å². The van der Waals surface area contributed by atoms with Crippen LogP contribution in [0.5, 0.6) is 0 Å². The lowest BCUT2D eigenvalue weighted by atomic mass is 10.1. The molecule has 1 N–H and O–H groups in total. The lowest BCUT2D eigenvalue weighted by Gasteiger charge is -1.90. The zero-order valence-electron chi connectivity index (χ0n) is 4.81. The van der Waals surface area contributed by atoms with E-state index in [1.54, 1.807) is 6.08 Å². The maximum atomic E-state index is 7.22. The summed E-state index contributed by atoms with van der Waals surface area (Å²) in [5.41, 5.74) is 1.65. The molecule has 0 aromatic carbocycles. The molecule has 1 heteroatoms. The van der Waals surface area contributed by atoms with Crippen molar-refractivity contribution in [1.29, 1.82) is 5.41 Å². The molecule has 1 aliphatic rings. The first kappa shape index (κ1) is 5.16. The average molecular weight is 106 g/mol. The number of allylic oxidation sites excluding steroid dienone is 4. The van der Waals surface area contributed by atoms with Crippen molar-refractivity contribution < 1.29 is 0 Å². The Balaban J connectivity index is 2.78. The van der Waals surface area contributed by atoms with Crippen LogP contribution in [0.1, 0.15) is 6.92 Å². The van der Waals surface area contributed by atoms with E-state index >= 15 is 0 Å². The number of rotatable bonds is 0. The smallest absolute Gasteiger partial charge is 0.168 e. The summed E-state index contributed by atoms with van der Waals surface area (Å²) in [6, 6.07) is 0. The Kier molecular flexibility index (Phi) is 1.20. The SMILES string of the molecule is CC1=C[CH+]C=CC1=N. The molecule has 0 heterocycles. The minimum absolute atomic E-state index is 0.618. The maximum Gasteiger partial charge on any atom is 0.168 e. The molecule has 1 aliphatic carbocycles. The molecule has 1 nitrogen and oxygen atoms in total. The van der Waals surface area contributed by atoms with Crippen molar-refractivity contribution in [2.75, 3.05) is 0 Å². The van der Waals surface area contributed by atoms with Crippen LogP contribution < -0.4 is 0 Å². The monoisotopic (exact) mass is 106 g/mol. The average Bonchev–Trinajstić information content (AvgIpc) is 1.77. The van der Waals surface area contributed by atoms with Gasteiger partial charge in [0.05, 0.1) is 23.8 Å². The standard InChI is InChI=1S/C7H8N/c1-6-4-2-3-5-7(6)8/h2-5,8H,1H3/q+1. The molecule has 0 saturated carbocycles. The first-order valence-electron chi connectivity index (χ1n) is 2.58. The Hall–Kier alpha value is -0.980. The van der Waals surface area contributed by atoms with E-state index in [-0.39, 0.29) is 0 Å². The second-order valence-electron chi connectivity index (χ2n) is 1.81. The zero-order valence-corrected chi connectivity index (χ0v) is 4.81. The lowest BCUT2D eigenvalue weighted by molar-refractivity contribution is 1.43. The van der Waals surface area contributed by atoms with Crippen molar-refractivity contribution in [3.8, 4) is 0 Å². The fourth-order valence-electron chi connectivity index (χ4n) is 0.573. The Morgan fingerprint density at radius 2 is 2.38 bits per heavy atom. The summed E-state index contributed by atoms with van der Waals surface area (Å²) in [6.07, 6.45) is 7.53. The van der Waals surface area contributed by atoms with Crippen LogP contribution >= 0.6 is 0 Å². The maximum absolute atomic E-state index is 7.22. The van der Waals surface area contributed by atoms with Crippen LogP contribution in [0.3, 0.4) is 0 Å². The van der Waals surface area contributed by atoms with Crippen molar-refractivity contribution in [3.63, 3.8) is 0 Å². The Bertz CT molecular complexity index is 163. The summed E-state index contributed by atoms with van der Waals surface area (Å²) in [4.78, 5) is 0. The highest BCUT2D eigenvalue weighted by atomic mass is 14.4. The molecule has 1 rings (SSSR count). The van der Waals surface area contributed by atoms with E-state index < -0.39 is 0 Å². The zero-order chi connectivity index (χ0) is 5.98. The van der Waals surface area contributed by atoms with E-state index in [0.717, 1.165) is 5.57 Å². The number of nitrogens with one attached hydrogen (secondary N) is 1. The van der Waals surface area contributed by atoms with Crippen LogP contribution in [0.15, 0.2) is 23.8 Å². The molecule has 0 aromatic heterocycles. The fraction of sp³-hybridized carbons (Fsp3) is 0.143. The van der Waals surface area contributed by atoms with Crippen molar-refractivity contribution in [1.82, 2.24) is 0 Å². The highest BCUT2D eigenvalue weighted by Crippen LogP contribution is 2.04. The minimum atomic E-state index is 0.618. The summed E-state index contributed by atoms with van der Waals surface area (Å²) in [5.74, 6) is 0. The van der Waals surface area contributed by atoms with Crippen molar-refractivity contribution in [2.45, 2.75) is 6.92 Å². The van der Waals surface area contributed by atoms with Crippen molar-refractivity contribution in [3.05, 3.63) is 30.2 Å². The van der Waals surface area contributed by atoms with Gasteiger partial charge >= 0.3 is 0 Å². The molecule has 40 valence electrons.